The summed E-state index contributed by atoms with van der Waals surface area (Å²) in [6, 6.07) is 8.61. The molecule has 128 valence electrons. The summed E-state index contributed by atoms with van der Waals surface area (Å²) in [5.74, 6) is -0.611. The van der Waals surface area contributed by atoms with Crippen LogP contribution < -0.4 is 4.72 Å². The van der Waals surface area contributed by atoms with Gasteiger partial charge in [-0.2, -0.15) is 0 Å². The predicted octanol–water partition coefficient (Wildman–Crippen LogP) is 3.89. The van der Waals surface area contributed by atoms with Crippen molar-refractivity contribution in [1.82, 2.24) is 0 Å². The van der Waals surface area contributed by atoms with Crippen molar-refractivity contribution < 1.29 is 22.0 Å². The Bertz CT molecular complexity index is 1100. The van der Waals surface area contributed by atoms with Gasteiger partial charge in [0.15, 0.2) is 17.2 Å². The van der Waals surface area contributed by atoms with Crippen LogP contribution in [0.5, 0.6) is 0 Å². The van der Waals surface area contributed by atoms with E-state index in [-0.39, 0.29) is 21.6 Å². The molecule has 0 bridgehead atoms. The lowest BCUT2D eigenvalue weighted by Gasteiger charge is -2.16. The maximum absolute atomic E-state index is 13.7. The summed E-state index contributed by atoms with van der Waals surface area (Å²) in [4.78, 5) is 11.9. The molecule has 0 fully saturated rings. The number of benzene rings is 2. The number of fused-ring (bicyclic) bond motifs is 2. The van der Waals surface area contributed by atoms with Crippen molar-refractivity contribution in [3.63, 3.8) is 0 Å². The molecule has 1 heterocycles. The number of carbonyl (C=O) groups is 1. The zero-order valence-electron chi connectivity index (χ0n) is 13.1. The molecule has 4 rings (SSSR count). The summed E-state index contributed by atoms with van der Waals surface area (Å²) in [5, 5.41) is 0.168. The minimum Gasteiger partial charge on any atom is -0.461 e. The number of halogens is 1. The molecule has 1 N–H and O–H groups in total. The average molecular weight is 359 g/mol. The Balaban J connectivity index is 1.74. The van der Waals surface area contributed by atoms with Crippen molar-refractivity contribution in [2.45, 2.75) is 24.2 Å². The third kappa shape index (κ3) is 2.70. The Hall–Kier alpha value is -2.67. The van der Waals surface area contributed by atoms with Crippen LogP contribution in [0.2, 0.25) is 0 Å². The fourth-order valence-corrected chi connectivity index (χ4v) is 4.38. The summed E-state index contributed by atoms with van der Waals surface area (Å²) in [5.41, 5.74) is 1.68. The van der Waals surface area contributed by atoms with Crippen LogP contribution in [0.4, 0.5) is 10.1 Å². The minimum atomic E-state index is -3.96. The largest absolute Gasteiger partial charge is 0.461 e. The van der Waals surface area contributed by atoms with Crippen molar-refractivity contribution in [3.8, 4) is 0 Å². The van der Waals surface area contributed by atoms with Crippen molar-refractivity contribution in [3.05, 3.63) is 59.6 Å². The molecule has 1 aliphatic carbocycles. The van der Waals surface area contributed by atoms with Crippen molar-refractivity contribution in [2.24, 2.45) is 0 Å². The molecule has 0 saturated heterocycles. The summed E-state index contributed by atoms with van der Waals surface area (Å²) >= 11 is 0. The highest BCUT2D eigenvalue weighted by molar-refractivity contribution is 7.93. The van der Waals surface area contributed by atoms with Gasteiger partial charge in [0.05, 0.1) is 11.2 Å². The zero-order chi connectivity index (χ0) is 17.6. The molecule has 0 unspecified atom stereocenters. The fraction of sp³-hybridized carbons (Fsp3) is 0.167. The van der Waals surface area contributed by atoms with Gasteiger partial charge in [0.25, 0.3) is 10.0 Å². The number of hydrogen-bond donors (Lipinski definition) is 1. The van der Waals surface area contributed by atoms with Gasteiger partial charge in [-0.15, -0.1) is 0 Å². The lowest BCUT2D eigenvalue weighted by molar-refractivity contribution is 0.0972. The molecular weight excluding hydrogens is 345 g/mol. The van der Waals surface area contributed by atoms with E-state index in [1.807, 2.05) is 0 Å². The summed E-state index contributed by atoms with van der Waals surface area (Å²) in [6.45, 7) is 0. The maximum atomic E-state index is 13.7. The van der Waals surface area contributed by atoms with E-state index < -0.39 is 15.8 Å². The maximum Gasteiger partial charge on any atom is 0.262 e. The predicted molar refractivity (Wildman–Crippen MR) is 90.7 cm³/mol. The first-order valence-corrected chi connectivity index (χ1v) is 9.29. The molecule has 0 spiro atoms. The molecule has 25 heavy (non-hydrogen) atoms. The van der Waals surface area contributed by atoms with Crippen molar-refractivity contribution in [2.75, 3.05) is 4.72 Å². The Labute approximate surface area is 143 Å². The van der Waals surface area contributed by atoms with Crippen LogP contribution in [0.1, 0.15) is 28.8 Å². The average Bonchev–Trinajstić information content (AvgIpc) is 3.06. The molecule has 7 heteroatoms. The van der Waals surface area contributed by atoms with Crippen LogP contribution in [0.3, 0.4) is 0 Å². The molecule has 1 aromatic heterocycles. The highest BCUT2D eigenvalue weighted by Crippen LogP contribution is 2.29. The molecule has 0 saturated carbocycles. The number of sulfonamides is 1. The van der Waals surface area contributed by atoms with Gasteiger partial charge >= 0.3 is 0 Å². The van der Waals surface area contributed by atoms with Gasteiger partial charge < -0.3 is 4.42 Å². The van der Waals surface area contributed by atoms with Gasteiger partial charge in [0.2, 0.25) is 0 Å². The van der Waals surface area contributed by atoms with E-state index in [1.165, 1.54) is 18.4 Å². The van der Waals surface area contributed by atoms with Crippen LogP contribution in [-0.2, 0) is 16.4 Å². The van der Waals surface area contributed by atoms with Crippen LogP contribution in [-0.4, -0.2) is 14.2 Å². The first-order valence-electron chi connectivity index (χ1n) is 7.80. The number of aryl methyl sites for hydroxylation is 1. The molecule has 1 aliphatic rings. The fourth-order valence-electron chi connectivity index (χ4n) is 3.14. The molecule has 2 aromatic carbocycles. The van der Waals surface area contributed by atoms with Crippen molar-refractivity contribution >= 4 is 32.5 Å². The Morgan fingerprint density at radius 1 is 1.08 bits per heavy atom. The second kappa shape index (κ2) is 5.70. The van der Waals surface area contributed by atoms with Crippen LogP contribution >= 0.6 is 0 Å². The molecule has 0 radical (unpaired) electrons. The molecule has 0 aliphatic heterocycles. The van der Waals surface area contributed by atoms with Gasteiger partial charge in [-0.25, -0.2) is 12.8 Å². The van der Waals surface area contributed by atoms with Gasteiger partial charge in [-0.3, -0.25) is 9.52 Å². The van der Waals surface area contributed by atoms with E-state index in [2.05, 4.69) is 4.72 Å². The van der Waals surface area contributed by atoms with Gasteiger partial charge in [-0.1, -0.05) is 6.07 Å². The SMILES string of the molecule is O=C1CCCc2ccc(NS(=O)(=O)c3ccc(F)c4occc34)cc21. The molecule has 0 amide bonds. The molecule has 0 atom stereocenters. The highest BCUT2D eigenvalue weighted by atomic mass is 32.2. The zero-order valence-corrected chi connectivity index (χ0v) is 13.9. The lowest BCUT2D eigenvalue weighted by atomic mass is 9.90. The van der Waals surface area contributed by atoms with E-state index in [9.17, 15) is 17.6 Å². The Morgan fingerprint density at radius 2 is 1.92 bits per heavy atom. The van der Waals surface area contributed by atoms with E-state index in [0.29, 0.717) is 17.7 Å². The van der Waals surface area contributed by atoms with Gasteiger partial charge in [0, 0.05) is 23.1 Å². The number of Topliss-reactive ketones (excluding diaryl/α,β-unsaturated/α-hetero) is 1. The van der Waals surface area contributed by atoms with E-state index >= 15 is 0 Å². The normalized spacial score (nSPS) is 14.5. The third-order valence-corrected chi connectivity index (χ3v) is 5.77. The number of nitrogens with one attached hydrogen (secondary N) is 1. The molecule has 5 nitrogen and oxygen atoms in total. The number of carbonyl (C=O) groups excluding carboxylic acids is 1. The Morgan fingerprint density at radius 3 is 2.76 bits per heavy atom. The number of anilines is 1. The number of rotatable bonds is 3. The van der Waals surface area contributed by atoms with E-state index in [4.69, 9.17) is 4.42 Å². The van der Waals surface area contributed by atoms with Crippen molar-refractivity contribution in [1.29, 1.82) is 0 Å². The Kier molecular flexibility index (Phi) is 3.61. The first-order chi connectivity index (χ1) is 12.0. The van der Waals surface area contributed by atoms with Crippen LogP contribution in [0, 0.1) is 5.82 Å². The number of hydrogen-bond acceptors (Lipinski definition) is 4. The summed E-state index contributed by atoms with van der Waals surface area (Å²) < 4.78 is 46.6. The topological polar surface area (TPSA) is 76.4 Å². The summed E-state index contributed by atoms with van der Waals surface area (Å²) in [7, 11) is -3.96. The molecular formula is C18H14FNO4S. The van der Waals surface area contributed by atoms with Crippen LogP contribution in [0.15, 0.2) is 52.0 Å². The smallest absolute Gasteiger partial charge is 0.262 e. The third-order valence-electron chi connectivity index (χ3n) is 4.33. The van der Waals surface area contributed by atoms with E-state index in [1.54, 1.807) is 18.2 Å². The second-order valence-corrected chi connectivity index (χ2v) is 7.61. The van der Waals surface area contributed by atoms with Gasteiger partial charge in [-0.05, 0) is 48.7 Å². The monoisotopic (exact) mass is 359 g/mol. The van der Waals surface area contributed by atoms with Gasteiger partial charge in [0.1, 0.15) is 0 Å². The number of furan rings is 1. The van der Waals surface area contributed by atoms with Crippen LogP contribution in [0.25, 0.3) is 11.0 Å². The second-order valence-electron chi connectivity index (χ2n) is 5.96. The standard InChI is InChI=1S/C18H14FNO4S/c19-15-6-7-17(13-8-9-24-18(13)15)25(22,23)20-12-5-4-11-2-1-3-16(21)14(11)10-12/h4-10,20H,1-3H2. The quantitative estimate of drug-likeness (QED) is 0.770. The summed E-state index contributed by atoms with van der Waals surface area (Å²) in [6.07, 6.45) is 3.33. The number of ketones is 1. The van der Waals surface area contributed by atoms with E-state index in [0.717, 1.165) is 24.5 Å². The molecule has 3 aromatic rings. The lowest BCUT2D eigenvalue weighted by Crippen LogP contribution is -2.15. The highest BCUT2D eigenvalue weighted by Gasteiger charge is 2.22. The minimum absolute atomic E-state index is 0.0151. The first kappa shape index (κ1) is 15.8.